The summed E-state index contributed by atoms with van der Waals surface area (Å²) in [5.41, 5.74) is 1.48. The third kappa shape index (κ3) is 3.12. The maximum absolute atomic E-state index is 12.7. The lowest BCUT2D eigenvalue weighted by Gasteiger charge is -2.07. The summed E-state index contributed by atoms with van der Waals surface area (Å²) in [7, 11) is 0. The Bertz CT molecular complexity index is 1010. The van der Waals surface area contributed by atoms with Crippen LogP contribution in [-0.4, -0.2) is 9.55 Å². The second-order valence-corrected chi connectivity index (χ2v) is 7.33. The number of nitrogens with zero attached hydrogens (tertiary/aromatic N) is 1. The number of aromatic nitrogens is 2. The molecule has 1 N–H and O–H groups in total. The number of hydrogen-bond donors (Lipinski definition) is 1. The topological polar surface area (TPSA) is 54.9 Å². The normalized spacial score (nSPS) is 11.8. The molecule has 0 spiro atoms. The van der Waals surface area contributed by atoms with Gasteiger partial charge >= 0.3 is 5.69 Å². The smallest absolute Gasteiger partial charge is 0.298 e. The monoisotopic (exact) mass is 340 g/mol. The lowest BCUT2D eigenvalue weighted by atomic mass is 10.1. The molecular formula is C19H20N2O2S. The standard InChI is InChI=1S/C19H20N2O2S/c1-12(2)11-21-18(22)16-13(3)15(24-17(16)20-19(21)23)10-9-14-7-5-4-6-8-14/h4-10,12H,11H2,1-3H3,(H,20,23). The lowest BCUT2D eigenvalue weighted by molar-refractivity contribution is 0.496. The minimum absolute atomic E-state index is 0.199. The molecule has 0 bridgehead atoms. The van der Waals surface area contributed by atoms with E-state index >= 15 is 0 Å². The van der Waals surface area contributed by atoms with E-state index < -0.39 is 0 Å². The predicted octanol–water partition coefficient (Wildman–Crippen LogP) is 3.89. The molecule has 5 heteroatoms. The van der Waals surface area contributed by atoms with Crippen LogP contribution < -0.4 is 11.2 Å². The molecule has 0 radical (unpaired) electrons. The number of rotatable bonds is 4. The van der Waals surface area contributed by atoms with Gasteiger partial charge in [-0.3, -0.25) is 14.3 Å². The molecule has 2 aromatic heterocycles. The fraction of sp³-hybridized carbons (Fsp3) is 0.263. The van der Waals surface area contributed by atoms with Gasteiger partial charge < -0.3 is 0 Å². The van der Waals surface area contributed by atoms with Crippen molar-refractivity contribution >= 4 is 33.7 Å². The van der Waals surface area contributed by atoms with Gasteiger partial charge in [-0.1, -0.05) is 50.3 Å². The molecule has 0 aliphatic carbocycles. The van der Waals surface area contributed by atoms with E-state index in [1.54, 1.807) is 0 Å². The van der Waals surface area contributed by atoms with E-state index in [4.69, 9.17) is 0 Å². The molecule has 3 rings (SSSR count). The van der Waals surface area contributed by atoms with Crippen LogP contribution in [0.15, 0.2) is 39.9 Å². The zero-order chi connectivity index (χ0) is 17.3. The number of hydrogen-bond acceptors (Lipinski definition) is 3. The Hall–Kier alpha value is -2.40. The molecule has 2 heterocycles. The summed E-state index contributed by atoms with van der Waals surface area (Å²) in [6, 6.07) is 10.00. The van der Waals surface area contributed by atoms with Crippen LogP contribution in [0.2, 0.25) is 0 Å². The average molecular weight is 340 g/mol. The van der Waals surface area contributed by atoms with Crippen molar-refractivity contribution in [3.63, 3.8) is 0 Å². The first-order valence-electron chi connectivity index (χ1n) is 7.96. The van der Waals surface area contributed by atoms with Gasteiger partial charge in [0.05, 0.1) is 5.39 Å². The van der Waals surface area contributed by atoms with Crippen LogP contribution in [0.25, 0.3) is 22.4 Å². The van der Waals surface area contributed by atoms with Gasteiger partial charge in [0, 0.05) is 11.4 Å². The summed E-state index contributed by atoms with van der Waals surface area (Å²) in [4.78, 5) is 29.4. The highest BCUT2D eigenvalue weighted by atomic mass is 32.1. The molecular weight excluding hydrogens is 320 g/mol. The first kappa shape index (κ1) is 16.5. The van der Waals surface area contributed by atoms with E-state index in [2.05, 4.69) is 4.98 Å². The third-order valence-corrected chi connectivity index (χ3v) is 5.06. The quantitative estimate of drug-likeness (QED) is 0.783. The Morgan fingerprint density at radius 2 is 1.88 bits per heavy atom. The molecule has 4 nitrogen and oxygen atoms in total. The van der Waals surface area contributed by atoms with Crippen LogP contribution in [0.5, 0.6) is 0 Å². The number of aryl methyl sites for hydroxylation is 1. The maximum Gasteiger partial charge on any atom is 0.329 e. The van der Waals surface area contributed by atoms with Crippen molar-refractivity contribution in [3.05, 3.63) is 67.2 Å². The molecule has 0 fully saturated rings. The molecule has 0 unspecified atom stereocenters. The van der Waals surface area contributed by atoms with Gasteiger partial charge in [0.15, 0.2) is 0 Å². The fourth-order valence-electron chi connectivity index (χ4n) is 2.69. The molecule has 3 aromatic rings. The molecule has 0 aliphatic rings. The van der Waals surface area contributed by atoms with E-state index in [0.717, 1.165) is 16.0 Å². The van der Waals surface area contributed by atoms with Crippen molar-refractivity contribution < 1.29 is 0 Å². The highest BCUT2D eigenvalue weighted by Crippen LogP contribution is 2.28. The van der Waals surface area contributed by atoms with Crippen LogP contribution in [0.3, 0.4) is 0 Å². The zero-order valence-electron chi connectivity index (χ0n) is 14.0. The van der Waals surface area contributed by atoms with E-state index in [1.165, 1.54) is 15.9 Å². The van der Waals surface area contributed by atoms with Gasteiger partial charge in [-0.25, -0.2) is 4.79 Å². The van der Waals surface area contributed by atoms with Gasteiger partial charge in [0.1, 0.15) is 4.83 Å². The van der Waals surface area contributed by atoms with Gasteiger partial charge in [-0.15, -0.1) is 11.3 Å². The summed E-state index contributed by atoms with van der Waals surface area (Å²) in [6.07, 6.45) is 4.02. The maximum atomic E-state index is 12.7. The number of aromatic amines is 1. The molecule has 124 valence electrons. The number of H-pyrrole nitrogens is 1. The van der Waals surface area contributed by atoms with Crippen molar-refractivity contribution in [2.75, 3.05) is 0 Å². The highest BCUT2D eigenvalue weighted by molar-refractivity contribution is 7.19. The first-order chi connectivity index (χ1) is 11.5. The van der Waals surface area contributed by atoms with Gasteiger partial charge in [-0.05, 0) is 30.0 Å². The Morgan fingerprint density at radius 3 is 2.54 bits per heavy atom. The molecule has 1 aromatic carbocycles. The average Bonchev–Trinajstić information content (AvgIpc) is 2.86. The Labute approximate surface area is 144 Å². The van der Waals surface area contributed by atoms with Gasteiger partial charge in [-0.2, -0.15) is 0 Å². The SMILES string of the molecule is Cc1c(C=Cc2ccccc2)sc2[nH]c(=O)n(CC(C)C)c(=O)c12. The van der Waals surface area contributed by atoms with E-state index in [0.29, 0.717) is 16.8 Å². The largest absolute Gasteiger partial charge is 0.329 e. The van der Waals surface area contributed by atoms with E-state index in [9.17, 15) is 9.59 Å². The first-order valence-corrected chi connectivity index (χ1v) is 8.78. The summed E-state index contributed by atoms with van der Waals surface area (Å²) in [6.45, 7) is 6.34. The van der Waals surface area contributed by atoms with Crippen LogP contribution in [0, 0.1) is 12.8 Å². The summed E-state index contributed by atoms with van der Waals surface area (Å²) in [5.74, 6) is 0.234. The van der Waals surface area contributed by atoms with Crippen LogP contribution >= 0.6 is 11.3 Å². The minimum Gasteiger partial charge on any atom is -0.298 e. The molecule has 0 atom stereocenters. The van der Waals surface area contributed by atoms with E-state index in [-0.39, 0.29) is 17.2 Å². The van der Waals surface area contributed by atoms with Crippen molar-refractivity contribution in [1.82, 2.24) is 9.55 Å². The van der Waals surface area contributed by atoms with E-state index in [1.807, 2.05) is 63.3 Å². The molecule has 24 heavy (non-hydrogen) atoms. The molecule has 0 saturated carbocycles. The number of fused-ring (bicyclic) bond motifs is 1. The summed E-state index contributed by atoms with van der Waals surface area (Å²) in [5, 5.41) is 0.618. The number of benzene rings is 1. The Morgan fingerprint density at radius 1 is 1.17 bits per heavy atom. The van der Waals surface area contributed by atoms with Crippen LogP contribution in [-0.2, 0) is 6.54 Å². The molecule has 0 saturated heterocycles. The van der Waals surface area contributed by atoms with Gasteiger partial charge in [0.2, 0.25) is 0 Å². The van der Waals surface area contributed by atoms with Gasteiger partial charge in [0.25, 0.3) is 5.56 Å². The number of nitrogens with one attached hydrogen (secondary N) is 1. The van der Waals surface area contributed by atoms with Crippen LogP contribution in [0.1, 0.15) is 29.9 Å². The van der Waals surface area contributed by atoms with Crippen molar-refractivity contribution in [2.45, 2.75) is 27.3 Å². The van der Waals surface area contributed by atoms with Crippen molar-refractivity contribution in [3.8, 4) is 0 Å². The predicted molar refractivity (Wildman–Crippen MR) is 102 cm³/mol. The summed E-state index contributed by atoms with van der Waals surface area (Å²) < 4.78 is 1.30. The number of thiophene rings is 1. The van der Waals surface area contributed by atoms with Crippen LogP contribution in [0.4, 0.5) is 0 Å². The van der Waals surface area contributed by atoms with Crippen molar-refractivity contribution in [1.29, 1.82) is 0 Å². The summed E-state index contributed by atoms with van der Waals surface area (Å²) >= 11 is 1.44. The fourth-order valence-corrected chi connectivity index (χ4v) is 3.79. The third-order valence-electron chi connectivity index (χ3n) is 3.88. The lowest BCUT2D eigenvalue weighted by Crippen LogP contribution is -2.36. The zero-order valence-corrected chi connectivity index (χ0v) is 14.8. The second kappa shape index (κ2) is 6.61. The second-order valence-electron chi connectivity index (χ2n) is 6.28. The van der Waals surface area contributed by atoms with Crippen molar-refractivity contribution in [2.24, 2.45) is 5.92 Å². The Kier molecular flexibility index (Phi) is 4.53. The molecule has 0 amide bonds. The molecule has 0 aliphatic heterocycles. The highest BCUT2D eigenvalue weighted by Gasteiger charge is 2.15. The Balaban J connectivity index is 2.11. The minimum atomic E-state index is -0.332.